The van der Waals surface area contributed by atoms with Gasteiger partial charge in [0, 0.05) is 6.54 Å². The third-order valence-corrected chi connectivity index (χ3v) is 4.88. The number of benzene rings is 2. The van der Waals surface area contributed by atoms with E-state index in [-0.39, 0.29) is 17.3 Å². The number of carbonyl (C=O) groups excluding carboxylic acids is 1. The number of hydrogen-bond acceptors (Lipinski definition) is 2. The second kappa shape index (κ2) is 7.05. The Hall–Kier alpha value is -2.69. The minimum Gasteiger partial charge on any atom is -0.478 e. The summed E-state index contributed by atoms with van der Waals surface area (Å²) >= 11 is 0. The molecule has 1 saturated carbocycles. The summed E-state index contributed by atoms with van der Waals surface area (Å²) in [5.41, 5.74) is 1.44. The third kappa shape index (κ3) is 3.87. The lowest BCUT2D eigenvalue weighted by Crippen LogP contribution is -2.46. The molecule has 0 unspecified atom stereocenters. The van der Waals surface area contributed by atoms with Crippen molar-refractivity contribution < 1.29 is 19.1 Å². The zero-order valence-electron chi connectivity index (χ0n) is 13.8. The van der Waals surface area contributed by atoms with Crippen molar-refractivity contribution in [3.05, 3.63) is 71.0 Å². The first-order valence-corrected chi connectivity index (χ1v) is 8.33. The van der Waals surface area contributed by atoms with E-state index in [9.17, 15) is 14.0 Å². The van der Waals surface area contributed by atoms with E-state index in [1.165, 1.54) is 24.3 Å². The fourth-order valence-electron chi connectivity index (χ4n) is 3.26. The van der Waals surface area contributed by atoms with Gasteiger partial charge in [0.1, 0.15) is 5.82 Å². The normalized spacial score (nSPS) is 15.2. The maximum absolute atomic E-state index is 13.4. The molecule has 0 saturated heterocycles. The Morgan fingerprint density at radius 3 is 2.36 bits per heavy atom. The molecule has 5 heteroatoms. The predicted molar refractivity (Wildman–Crippen MR) is 91.6 cm³/mol. The standard InChI is InChI=1S/C20H20FNO3/c21-17-4-1-3-15(11-17)12-20(9-2-10-20)19(25)22-13-14-5-7-16(8-6-14)18(23)24/h1,3-8,11H,2,9-10,12-13H2,(H,22,25)(H,23,24). The molecule has 0 radical (unpaired) electrons. The van der Waals surface area contributed by atoms with Crippen LogP contribution >= 0.6 is 0 Å². The van der Waals surface area contributed by atoms with Crippen LogP contribution in [0.4, 0.5) is 4.39 Å². The Bertz CT molecular complexity index is 782. The highest BCUT2D eigenvalue weighted by Crippen LogP contribution is 2.44. The Morgan fingerprint density at radius 2 is 1.80 bits per heavy atom. The monoisotopic (exact) mass is 341 g/mol. The van der Waals surface area contributed by atoms with Crippen LogP contribution in [0, 0.1) is 11.2 Å². The van der Waals surface area contributed by atoms with Crippen LogP contribution in [0.2, 0.25) is 0 Å². The number of aromatic carboxylic acids is 1. The zero-order chi connectivity index (χ0) is 17.9. The van der Waals surface area contributed by atoms with Crippen LogP contribution in [0.5, 0.6) is 0 Å². The fraction of sp³-hybridized carbons (Fsp3) is 0.300. The fourth-order valence-corrected chi connectivity index (χ4v) is 3.26. The molecule has 1 amide bonds. The average molecular weight is 341 g/mol. The van der Waals surface area contributed by atoms with Gasteiger partial charge in [-0.3, -0.25) is 4.79 Å². The van der Waals surface area contributed by atoms with Crippen LogP contribution < -0.4 is 5.32 Å². The van der Waals surface area contributed by atoms with Crippen LogP contribution in [0.25, 0.3) is 0 Å². The molecule has 2 aromatic carbocycles. The first kappa shape index (κ1) is 17.1. The van der Waals surface area contributed by atoms with Crippen molar-refractivity contribution in [2.45, 2.75) is 32.2 Å². The van der Waals surface area contributed by atoms with Crippen molar-refractivity contribution in [2.24, 2.45) is 5.41 Å². The molecule has 1 aliphatic rings. The van der Waals surface area contributed by atoms with Crippen molar-refractivity contribution in [1.29, 1.82) is 0 Å². The average Bonchev–Trinajstić information content (AvgIpc) is 2.56. The van der Waals surface area contributed by atoms with E-state index < -0.39 is 11.4 Å². The lowest BCUT2D eigenvalue weighted by Gasteiger charge is -2.40. The van der Waals surface area contributed by atoms with Crippen molar-refractivity contribution in [1.82, 2.24) is 5.32 Å². The molecule has 1 aliphatic carbocycles. The predicted octanol–water partition coefficient (Wildman–Crippen LogP) is 3.55. The first-order chi connectivity index (χ1) is 12.0. The summed E-state index contributed by atoms with van der Waals surface area (Å²) in [5, 5.41) is 11.8. The van der Waals surface area contributed by atoms with Crippen LogP contribution in [-0.2, 0) is 17.8 Å². The van der Waals surface area contributed by atoms with Gasteiger partial charge in [0.15, 0.2) is 0 Å². The van der Waals surface area contributed by atoms with E-state index in [1.807, 2.05) is 6.07 Å². The number of carboxylic acids is 1. The minimum atomic E-state index is -0.973. The summed E-state index contributed by atoms with van der Waals surface area (Å²) in [6.45, 7) is 0.351. The van der Waals surface area contributed by atoms with E-state index >= 15 is 0 Å². The molecule has 0 aliphatic heterocycles. The molecule has 0 atom stereocenters. The van der Waals surface area contributed by atoms with Gasteiger partial charge in [0.25, 0.3) is 0 Å². The van der Waals surface area contributed by atoms with Gasteiger partial charge in [-0.05, 0) is 54.7 Å². The Kier molecular flexibility index (Phi) is 4.83. The summed E-state index contributed by atoms with van der Waals surface area (Å²) in [5.74, 6) is -1.28. The van der Waals surface area contributed by atoms with Crippen LogP contribution in [-0.4, -0.2) is 17.0 Å². The van der Waals surface area contributed by atoms with Crippen molar-refractivity contribution in [3.8, 4) is 0 Å². The maximum Gasteiger partial charge on any atom is 0.335 e. The third-order valence-electron chi connectivity index (χ3n) is 4.88. The van der Waals surface area contributed by atoms with E-state index in [0.29, 0.717) is 13.0 Å². The van der Waals surface area contributed by atoms with Gasteiger partial charge in [-0.1, -0.05) is 30.7 Å². The zero-order valence-corrected chi connectivity index (χ0v) is 13.8. The topological polar surface area (TPSA) is 66.4 Å². The van der Waals surface area contributed by atoms with Gasteiger partial charge >= 0.3 is 5.97 Å². The first-order valence-electron chi connectivity index (χ1n) is 8.33. The SMILES string of the molecule is O=C(O)c1ccc(CNC(=O)C2(Cc3cccc(F)c3)CCC2)cc1. The van der Waals surface area contributed by atoms with Gasteiger partial charge in [-0.2, -0.15) is 0 Å². The molecule has 0 spiro atoms. The van der Waals surface area contributed by atoms with Gasteiger partial charge in [-0.25, -0.2) is 9.18 Å². The summed E-state index contributed by atoms with van der Waals surface area (Å²) in [6, 6.07) is 12.8. The molecule has 3 rings (SSSR count). The second-order valence-electron chi connectivity index (χ2n) is 6.63. The van der Waals surface area contributed by atoms with Gasteiger partial charge < -0.3 is 10.4 Å². The highest BCUT2D eigenvalue weighted by molar-refractivity contribution is 5.87. The summed E-state index contributed by atoms with van der Waals surface area (Å²) in [6.07, 6.45) is 3.13. The molecular formula is C20H20FNO3. The Morgan fingerprint density at radius 1 is 1.08 bits per heavy atom. The number of halogens is 1. The molecule has 25 heavy (non-hydrogen) atoms. The molecule has 0 heterocycles. The number of carbonyl (C=O) groups is 2. The van der Waals surface area contributed by atoms with Crippen molar-refractivity contribution in [2.75, 3.05) is 0 Å². The van der Waals surface area contributed by atoms with E-state index in [4.69, 9.17) is 5.11 Å². The van der Waals surface area contributed by atoms with Crippen LogP contribution in [0.15, 0.2) is 48.5 Å². The Labute approximate surface area is 145 Å². The lowest BCUT2D eigenvalue weighted by atomic mass is 9.64. The highest BCUT2D eigenvalue weighted by atomic mass is 19.1. The van der Waals surface area contributed by atoms with Gasteiger partial charge in [0.05, 0.1) is 11.0 Å². The number of hydrogen-bond donors (Lipinski definition) is 2. The molecule has 0 bridgehead atoms. The van der Waals surface area contributed by atoms with Crippen LogP contribution in [0.1, 0.15) is 40.7 Å². The van der Waals surface area contributed by atoms with E-state index in [1.54, 1.807) is 18.2 Å². The molecule has 4 nitrogen and oxygen atoms in total. The van der Waals surface area contributed by atoms with Gasteiger partial charge in [0.2, 0.25) is 5.91 Å². The highest BCUT2D eigenvalue weighted by Gasteiger charge is 2.43. The molecular weight excluding hydrogens is 321 g/mol. The summed E-state index contributed by atoms with van der Waals surface area (Å²) < 4.78 is 13.4. The molecule has 2 aromatic rings. The minimum absolute atomic E-state index is 0.0228. The maximum atomic E-state index is 13.4. The number of carboxylic acid groups (broad SMARTS) is 1. The van der Waals surface area contributed by atoms with Crippen molar-refractivity contribution in [3.63, 3.8) is 0 Å². The summed E-state index contributed by atoms with van der Waals surface area (Å²) in [4.78, 5) is 23.5. The summed E-state index contributed by atoms with van der Waals surface area (Å²) in [7, 11) is 0. The Balaban J connectivity index is 1.63. The largest absolute Gasteiger partial charge is 0.478 e. The lowest BCUT2D eigenvalue weighted by molar-refractivity contribution is -0.136. The quantitative estimate of drug-likeness (QED) is 0.844. The second-order valence-corrected chi connectivity index (χ2v) is 6.63. The molecule has 130 valence electrons. The van der Waals surface area contributed by atoms with Gasteiger partial charge in [-0.15, -0.1) is 0 Å². The number of rotatable bonds is 6. The molecule has 1 fully saturated rings. The molecule has 2 N–H and O–H groups in total. The number of amides is 1. The smallest absolute Gasteiger partial charge is 0.335 e. The van der Waals surface area contributed by atoms with E-state index in [2.05, 4.69) is 5.32 Å². The van der Waals surface area contributed by atoms with Crippen molar-refractivity contribution >= 4 is 11.9 Å². The molecule has 0 aromatic heterocycles. The van der Waals surface area contributed by atoms with E-state index in [0.717, 1.165) is 30.4 Å². The number of nitrogens with one attached hydrogen (secondary N) is 1. The van der Waals surface area contributed by atoms with Crippen LogP contribution in [0.3, 0.4) is 0 Å².